The predicted molar refractivity (Wildman–Crippen MR) is 11.3 cm³/mol. The van der Waals surface area contributed by atoms with Crippen LogP contribution in [0.2, 0.25) is 0 Å². The summed E-state index contributed by atoms with van der Waals surface area (Å²) in [6.07, 6.45) is 0. The van der Waals surface area contributed by atoms with Gasteiger partial charge in [-0.15, -0.1) is 0 Å². The minimum atomic E-state index is 0. The van der Waals surface area contributed by atoms with Gasteiger partial charge in [-0.3, -0.25) is 0 Å². The topological polar surface area (TPSA) is 23.8 Å². The van der Waals surface area contributed by atoms with Gasteiger partial charge >= 0.3 is 51.4 Å². The largest absolute Gasteiger partial charge is 1.00 e. The van der Waals surface area contributed by atoms with E-state index < -0.39 is 0 Å². The molecule has 0 aromatic heterocycles. The molecule has 0 N–H and O–H groups in total. The number of rotatable bonds is 0. The fourth-order valence-corrected chi connectivity index (χ4v) is 0. The summed E-state index contributed by atoms with van der Waals surface area (Å²) in [5, 5.41) is 7.32. The summed E-state index contributed by atoms with van der Waals surface area (Å²) < 4.78 is 0. The van der Waals surface area contributed by atoms with Crippen LogP contribution in [0, 0.1) is 11.3 Å². The molecule has 0 saturated heterocycles. The number of nitriles is 1. The average molecular weight is 160 g/mol. The third-order valence-electron chi connectivity index (χ3n) is 0. The van der Waals surface area contributed by atoms with Crippen LogP contribution in [0.1, 0.15) is 6.92 Å². The van der Waals surface area contributed by atoms with E-state index in [2.05, 4.69) is 0 Å². The van der Waals surface area contributed by atoms with Crippen LogP contribution in [0.4, 0.5) is 0 Å². The van der Waals surface area contributed by atoms with E-state index in [1.165, 1.54) is 6.92 Å². The van der Waals surface area contributed by atoms with Crippen molar-refractivity contribution in [1.82, 2.24) is 0 Å². The molecule has 3 heteroatoms. The molecule has 0 atom stereocenters. The molecule has 0 aromatic rings. The molecule has 0 heterocycles. The van der Waals surface area contributed by atoms with Gasteiger partial charge in [0.25, 0.3) is 0 Å². The standard InChI is InChI=1S/C2H3N.BrH.K/c1-2-3;;/h1H3;1H;/q;;+1/p-1. The Morgan fingerprint density at radius 3 is 1.60 bits per heavy atom. The van der Waals surface area contributed by atoms with Gasteiger partial charge in [-0.05, 0) is 0 Å². The van der Waals surface area contributed by atoms with Gasteiger partial charge in [-0.2, -0.15) is 5.26 Å². The number of hydrogen-bond donors (Lipinski definition) is 0. The monoisotopic (exact) mass is 159 g/mol. The van der Waals surface area contributed by atoms with Crippen molar-refractivity contribution >= 4 is 0 Å². The van der Waals surface area contributed by atoms with Gasteiger partial charge in [0, 0.05) is 6.92 Å². The summed E-state index contributed by atoms with van der Waals surface area (Å²) in [5.74, 6) is 0. The molecule has 0 spiro atoms. The van der Waals surface area contributed by atoms with E-state index in [1.807, 2.05) is 0 Å². The summed E-state index contributed by atoms with van der Waals surface area (Å²) in [4.78, 5) is 0. The number of hydrogen-bond acceptors (Lipinski definition) is 1. The van der Waals surface area contributed by atoms with Crippen molar-refractivity contribution in [2.24, 2.45) is 0 Å². The molecule has 0 unspecified atom stereocenters. The zero-order valence-electron chi connectivity index (χ0n) is 3.33. The molecule has 0 saturated carbocycles. The quantitative estimate of drug-likeness (QED) is 0.324. The van der Waals surface area contributed by atoms with Gasteiger partial charge in [0.2, 0.25) is 0 Å². The van der Waals surface area contributed by atoms with Crippen LogP contribution in [0.15, 0.2) is 0 Å². The second-order valence-corrected chi connectivity index (χ2v) is 0.224. The normalized spacial score (nSPS) is 1.60. The summed E-state index contributed by atoms with van der Waals surface area (Å²) in [6, 6.07) is 1.75. The van der Waals surface area contributed by atoms with Gasteiger partial charge in [0.15, 0.2) is 0 Å². The zero-order valence-corrected chi connectivity index (χ0v) is 8.03. The third kappa shape index (κ3) is 28.3. The van der Waals surface area contributed by atoms with Gasteiger partial charge in [-0.25, -0.2) is 0 Å². The molecule has 0 aliphatic carbocycles. The Balaban J connectivity index is -0.0000000200. The maximum absolute atomic E-state index is 7.32. The van der Waals surface area contributed by atoms with Gasteiger partial charge in [-0.1, -0.05) is 0 Å². The molecular weight excluding hydrogens is 157 g/mol. The van der Waals surface area contributed by atoms with Crippen LogP contribution in [0.3, 0.4) is 0 Å². The van der Waals surface area contributed by atoms with E-state index in [0.29, 0.717) is 0 Å². The van der Waals surface area contributed by atoms with E-state index in [9.17, 15) is 0 Å². The molecule has 1 nitrogen and oxygen atoms in total. The van der Waals surface area contributed by atoms with E-state index in [-0.39, 0.29) is 68.4 Å². The SMILES string of the molecule is CC#N.[Br-].[K+]. The maximum atomic E-state index is 7.32. The van der Waals surface area contributed by atoms with Crippen LogP contribution >= 0.6 is 0 Å². The third-order valence-corrected chi connectivity index (χ3v) is 0. The molecule has 0 rings (SSSR count). The van der Waals surface area contributed by atoms with Gasteiger partial charge in [0.05, 0.1) is 6.07 Å². The first kappa shape index (κ1) is 16.0. The molecular formula is C2H3BrKN. The number of nitrogens with zero attached hydrogens (tertiary/aromatic N) is 1. The molecule has 5 heavy (non-hydrogen) atoms. The molecule has 24 valence electrons. The van der Waals surface area contributed by atoms with Crippen molar-refractivity contribution in [2.45, 2.75) is 6.92 Å². The minimum absolute atomic E-state index is 0. The van der Waals surface area contributed by atoms with Crippen molar-refractivity contribution in [3.63, 3.8) is 0 Å². The first-order chi connectivity index (χ1) is 1.41. The Morgan fingerprint density at radius 2 is 1.60 bits per heavy atom. The second-order valence-electron chi connectivity index (χ2n) is 0.224. The Bertz CT molecular complexity index is 31.1. The fourth-order valence-electron chi connectivity index (χ4n) is 0. The van der Waals surface area contributed by atoms with E-state index in [4.69, 9.17) is 5.26 Å². The fraction of sp³-hybridized carbons (Fsp3) is 0.500. The molecule has 0 aromatic carbocycles. The van der Waals surface area contributed by atoms with Crippen LogP contribution < -0.4 is 68.4 Å². The van der Waals surface area contributed by atoms with E-state index in [1.54, 1.807) is 6.07 Å². The second kappa shape index (κ2) is 17.5. The maximum Gasteiger partial charge on any atom is 1.00 e. The van der Waals surface area contributed by atoms with Crippen molar-refractivity contribution in [3.05, 3.63) is 0 Å². The number of halogens is 1. The van der Waals surface area contributed by atoms with Crippen molar-refractivity contribution < 1.29 is 68.4 Å². The van der Waals surface area contributed by atoms with Crippen molar-refractivity contribution in [3.8, 4) is 6.07 Å². The smallest absolute Gasteiger partial charge is 1.00 e. The molecule has 0 aliphatic rings. The molecule has 0 amide bonds. The molecule has 0 radical (unpaired) electrons. The van der Waals surface area contributed by atoms with Crippen LogP contribution in [-0.2, 0) is 0 Å². The van der Waals surface area contributed by atoms with Gasteiger partial charge < -0.3 is 17.0 Å². The summed E-state index contributed by atoms with van der Waals surface area (Å²) in [7, 11) is 0. The zero-order chi connectivity index (χ0) is 2.71. The Labute approximate surface area is 84.9 Å². The summed E-state index contributed by atoms with van der Waals surface area (Å²) in [6.45, 7) is 1.43. The Kier molecular flexibility index (Phi) is 55.9. The molecule has 0 fully saturated rings. The first-order valence-corrected chi connectivity index (χ1v) is 0.724. The van der Waals surface area contributed by atoms with Gasteiger partial charge in [0.1, 0.15) is 0 Å². The minimum Gasteiger partial charge on any atom is -1.00 e. The van der Waals surface area contributed by atoms with Crippen LogP contribution in [-0.4, -0.2) is 0 Å². The first-order valence-electron chi connectivity index (χ1n) is 0.724. The van der Waals surface area contributed by atoms with Crippen molar-refractivity contribution in [2.75, 3.05) is 0 Å². The average Bonchev–Trinajstić information content (AvgIpc) is 0.918. The van der Waals surface area contributed by atoms with Crippen LogP contribution in [0.5, 0.6) is 0 Å². The molecule has 0 aliphatic heterocycles. The predicted octanol–water partition coefficient (Wildman–Crippen LogP) is -5.46. The van der Waals surface area contributed by atoms with E-state index in [0.717, 1.165) is 0 Å². The summed E-state index contributed by atoms with van der Waals surface area (Å²) in [5.41, 5.74) is 0. The Morgan fingerprint density at radius 1 is 1.60 bits per heavy atom. The van der Waals surface area contributed by atoms with Crippen molar-refractivity contribution in [1.29, 1.82) is 5.26 Å². The van der Waals surface area contributed by atoms with Crippen LogP contribution in [0.25, 0.3) is 0 Å². The summed E-state index contributed by atoms with van der Waals surface area (Å²) >= 11 is 0. The van der Waals surface area contributed by atoms with E-state index >= 15 is 0 Å². The Hall–Kier alpha value is 1.61. The molecule has 0 bridgehead atoms.